The van der Waals surface area contributed by atoms with E-state index >= 15 is 0 Å². The molecule has 6 rings (SSSR count). The maximum absolute atomic E-state index is 12.0. The van der Waals surface area contributed by atoms with E-state index in [0.717, 1.165) is 64.4 Å². The first-order valence-electron chi connectivity index (χ1n) is 10.2. The Morgan fingerprint density at radius 1 is 1.37 bits per heavy atom. The van der Waals surface area contributed by atoms with Crippen molar-refractivity contribution in [3.05, 3.63) is 64.3 Å². The molecule has 1 aliphatic carbocycles. The number of ether oxygens (including phenoxy) is 1. The average Bonchev–Trinajstić information content (AvgIpc) is 3.35. The number of pyridine rings is 1. The Morgan fingerprint density at radius 3 is 3.10 bits per heavy atom. The molecule has 5 heterocycles. The van der Waals surface area contributed by atoms with Crippen molar-refractivity contribution in [3.63, 3.8) is 0 Å². The summed E-state index contributed by atoms with van der Waals surface area (Å²) in [4.78, 5) is 24.6. The molecule has 30 heavy (non-hydrogen) atoms. The Kier molecular flexibility index (Phi) is 3.95. The summed E-state index contributed by atoms with van der Waals surface area (Å²) in [5.41, 5.74) is 10.9. The van der Waals surface area contributed by atoms with Gasteiger partial charge in [0.15, 0.2) is 0 Å². The van der Waals surface area contributed by atoms with Crippen LogP contribution in [0, 0.1) is 5.92 Å². The summed E-state index contributed by atoms with van der Waals surface area (Å²) in [7, 11) is 0. The van der Waals surface area contributed by atoms with E-state index in [-0.39, 0.29) is 11.9 Å². The molecule has 0 saturated heterocycles. The molecule has 4 aliphatic rings. The van der Waals surface area contributed by atoms with E-state index in [1.807, 2.05) is 18.5 Å². The minimum absolute atomic E-state index is 0.298. The molecular weight excluding hydrogens is 398 g/mol. The van der Waals surface area contributed by atoms with Gasteiger partial charge in [0.2, 0.25) is 5.91 Å². The molecule has 1 saturated carbocycles. The van der Waals surface area contributed by atoms with Gasteiger partial charge in [0.1, 0.15) is 29.6 Å². The van der Waals surface area contributed by atoms with Crippen LogP contribution in [0.2, 0.25) is 0 Å². The number of thiophene rings is 1. The van der Waals surface area contributed by atoms with Gasteiger partial charge < -0.3 is 20.7 Å². The first kappa shape index (κ1) is 17.7. The van der Waals surface area contributed by atoms with Gasteiger partial charge in [-0.1, -0.05) is 0 Å². The molecule has 152 valence electrons. The van der Waals surface area contributed by atoms with E-state index in [4.69, 9.17) is 15.5 Å². The molecule has 2 aromatic rings. The van der Waals surface area contributed by atoms with Gasteiger partial charge in [-0.05, 0) is 48.3 Å². The molecule has 8 heteroatoms. The van der Waals surface area contributed by atoms with Crippen LogP contribution in [0.25, 0.3) is 10.2 Å². The van der Waals surface area contributed by atoms with Crippen molar-refractivity contribution in [3.8, 4) is 0 Å². The molecule has 7 nitrogen and oxygen atoms in total. The first-order valence-corrected chi connectivity index (χ1v) is 11.1. The topological polar surface area (TPSA) is 92.8 Å². The maximum Gasteiger partial charge on any atom is 0.240 e. The molecule has 1 amide bonds. The molecular formula is C22H21N5O2S. The number of amides is 1. The number of aromatic nitrogens is 1. The predicted octanol–water partition coefficient (Wildman–Crippen LogP) is 2.63. The van der Waals surface area contributed by atoms with E-state index in [2.05, 4.69) is 26.6 Å². The normalized spacial score (nSPS) is 21.3. The highest BCUT2D eigenvalue weighted by atomic mass is 32.1. The number of primary amides is 1. The van der Waals surface area contributed by atoms with Crippen LogP contribution in [0.1, 0.15) is 24.8 Å². The maximum atomic E-state index is 12.0. The number of fused-ring (bicyclic) bond motifs is 1. The molecule has 0 bridgehead atoms. The van der Waals surface area contributed by atoms with Crippen LogP contribution < -0.4 is 11.1 Å². The fourth-order valence-electron chi connectivity index (χ4n) is 4.51. The van der Waals surface area contributed by atoms with Crippen molar-refractivity contribution in [2.45, 2.75) is 25.3 Å². The van der Waals surface area contributed by atoms with Crippen molar-refractivity contribution in [2.75, 3.05) is 13.2 Å². The summed E-state index contributed by atoms with van der Waals surface area (Å²) < 4.78 is 5.85. The van der Waals surface area contributed by atoms with Gasteiger partial charge in [-0.3, -0.25) is 4.79 Å². The standard InChI is InChI=1S/C22H21N5O2S/c23-20(28)18(12-1-2-12)26-17-11-29-10-13-4-7-27-19(13)16(17)9-25-21(27)14-3-6-24-22-15(14)5-8-30-22/h3,5-6,8-9,11-12,18,26H,1-2,4,7,10H2,(H2,23,28). The predicted molar refractivity (Wildman–Crippen MR) is 115 cm³/mol. The second-order valence-corrected chi connectivity index (χ2v) is 8.95. The number of carbonyl (C=O) groups excluding carboxylic acids is 1. The van der Waals surface area contributed by atoms with Crippen molar-refractivity contribution in [1.29, 1.82) is 0 Å². The Morgan fingerprint density at radius 2 is 2.27 bits per heavy atom. The number of hydrogen-bond donors (Lipinski definition) is 2. The number of amidine groups is 1. The van der Waals surface area contributed by atoms with Gasteiger partial charge in [-0.25, -0.2) is 9.98 Å². The minimum Gasteiger partial charge on any atom is -0.495 e. The second kappa shape index (κ2) is 6.70. The van der Waals surface area contributed by atoms with Crippen LogP contribution in [0.5, 0.6) is 0 Å². The van der Waals surface area contributed by atoms with Crippen molar-refractivity contribution in [1.82, 2.24) is 15.2 Å². The van der Waals surface area contributed by atoms with Gasteiger partial charge in [-0.2, -0.15) is 0 Å². The number of nitrogens with two attached hydrogens (primary N) is 1. The smallest absolute Gasteiger partial charge is 0.240 e. The van der Waals surface area contributed by atoms with Gasteiger partial charge in [-0.15, -0.1) is 11.3 Å². The zero-order chi connectivity index (χ0) is 20.2. The highest BCUT2D eigenvalue weighted by Gasteiger charge is 2.39. The third-order valence-corrected chi connectivity index (χ3v) is 6.96. The molecule has 0 radical (unpaired) electrons. The Labute approximate surface area is 177 Å². The van der Waals surface area contributed by atoms with Crippen molar-refractivity contribution < 1.29 is 9.53 Å². The lowest BCUT2D eigenvalue weighted by Crippen LogP contribution is -2.43. The Hall–Kier alpha value is -3.13. The van der Waals surface area contributed by atoms with Gasteiger partial charge in [0.25, 0.3) is 0 Å². The van der Waals surface area contributed by atoms with E-state index < -0.39 is 0 Å². The highest BCUT2D eigenvalue weighted by Crippen LogP contribution is 2.40. The zero-order valence-corrected chi connectivity index (χ0v) is 17.1. The summed E-state index contributed by atoms with van der Waals surface area (Å²) >= 11 is 1.63. The van der Waals surface area contributed by atoms with Crippen LogP contribution in [0.15, 0.2) is 63.7 Å². The number of carbonyl (C=O) groups is 1. The molecule has 3 aliphatic heterocycles. The lowest BCUT2D eigenvalue weighted by atomic mass is 10.0. The van der Waals surface area contributed by atoms with E-state index in [0.29, 0.717) is 12.5 Å². The third-order valence-electron chi connectivity index (χ3n) is 6.14. The number of rotatable bonds is 5. The van der Waals surface area contributed by atoms with E-state index in [9.17, 15) is 4.79 Å². The summed E-state index contributed by atoms with van der Waals surface area (Å²) in [6.45, 7) is 1.39. The van der Waals surface area contributed by atoms with Gasteiger partial charge in [0.05, 0.1) is 11.4 Å². The van der Waals surface area contributed by atoms with E-state index in [1.54, 1.807) is 17.6 Å². The fourth-order valence-corrected chi connectivity index (χ4v) is 5.27. The lowest BCUT2D eigenvalue weighted by Gasteiger charge is -2.30. The van der Waals surface area contributed by atoms with Crippen LogP contribution >= 0.6 is 11.3 Å². The average molecular weight is 420 g/mol. The molecule has 3 N–H and O–H groups in total. The van der Waals surface area contributed by atoms with Crippen LogP contribution in [-0.2, 0) is 9.53 Å². The van der Waals surface area contributed by atoms with Gasteiger partial charge >= 0.3 is 0 Å². The summed E-state index contributed by atoms with van der Waals surface area (Å²) in [6, 6.07) is 3.75. The molecule has 1 atom stereocenters. The fraction of sp³-hybridized carbons (Fsp3) is 0.318. The zero-order valence-electron chi connectivity index (χ0n) is 16.3. The van der Waals surface area contributed by atoms with Crippen LogP contribution in [-0.4, -0.2) is 40.8 Å². The van der Waals surface area contributed by atoms with Crippen LogP contribution in [0.3, 0.4) is 0 Å². The van der Waals surface area contributed by atoms with Crippen molar-refractivity contribution >= 4 is 33.3 Å². The summed E-state index contributed by atoms with van der Waals surface area (Å²) in [6.07, 6.45) is 8.42. The minimum atomic E-state index is -0.381. The lowest BCUT2D eigenvalue weighted by molar-refractivity contribution is -0.120. The third kappa shape index (κ3) is 2.74. The monoisotopic (exact) mass is 419 g/mol. The Balaban J connectivity index is 1.43. The number of nitrogens with one attached hydrogen (secondary N) is 1. The molecule has 1 fully saturated rings. The largest absolute Gasteiger partial charge is 0.495 e. The number of nitrogens with zero attached hydrogens (tertiary/aromatic N) is 3. The number of hydrogen-bond acceptors (Lipinski definition) is 7. The first-order chi connectivity index (χ1) is 14.7. The Bertz CT molecular complexity index is 1190. The van der Waals surface area contributed by atoms with Crippen molar-refractivity contribution in [2.24, 2.45) is 16.6 Å². The highest BCUT2D eigenvalue weighted by molar-refractivity contribution is 7.16. The molecule has 2 aromatic heterocycles. The summed E-state index contributed by atoms with van der Waals surface area (Å²) in [5, 5.41) is 6.54. The SMILES string of the molecule is NC(=O)C(NC1=COCC2=C3C1=CN=C(c1ccnc4sccc14)N3CC2)C1CC1. The molecule has 0 spiro atoms. The summed E-state index contributed by atoms with van der Waals surface area (Å²) in [5.74, 6) is 0.911. The second-order valence-electron chi connectivity index (χ2n) is 8.05. The quantitative estimate of drug-likeness (QED) is 0.777. The van der Waals surface area contributed by atoms with Gasteiger partial charge in [0, 0.05) is 35.5 Å². The molecule has 1 unspecified atom stereocenters. The van der Waals surface area contributed by atoms with E-state index in [1.165, 1.54) is 5.57 Å². The number of aliphatic imine (C=N–C) groups is 1. The molecule has 0 aromatic carbocycles. The van der Waals surface area contributed by atoms with Crippen LogP contribution in [0.4, 0.5) is 0 Å².